The molecule has 3 nitrogen and oxygen atoms in total. The lowest BCUT2D eigenvalue weighted by Crippen LogP contribution is -2.28. The average molecular weight is 250 g/mol. The van der Waals surface area contributed by atoms with Gasteiger partial charge in [-0.3, -0.25) is 4.90 Å². The summed E-state index contributed by atoms with van der Waals surface area (Å²) in [6, 6.07) is 8.64. The van der Waals surface area contributed by atoms with Gasteiger partial charge in [-0.15, -0.1) is 0 Å². The third kappa shape index (κ3) is 4.00. The van der Waals surface area contributed by atoms with Gasteiger partial charge in [-0.05, 0) is 45.5 Å². The van der Waals surface area contributed by atoms with Crippen molar-refractivity contribution in [1.29, 1.82) is 0 Å². The van der Waals surface area contributed by atoms with Crippen molar-refractivity contribution in [3.63, 3.8) is 0 Å². The van der Waals surface area contributed by atoms with Crippen LogP contribution in [-0.4, -0.2) is 31.6 Å². The number of hydrogen-bond donors (Lipinski definition) is 1. The molecule has 0 amide bonds. The Kier molecular flexibility index (Phi) is 6.76. The standard InChI is InChI=1S/C15H26N2O/c1-4-17(12-8-7-11-16)13(2)14-9-5-6-10-15(14)18-3/h5-6,9-10,13H,4,7-8,11-12,16H2,1-3H3/t13-/m0/s1. The number of hydrogen-bond acceptors (Lipinski definition) is 3. The summed E-state index contributed by atoms with van der Waals surface area (Å²) in [4.78, 5) is 2.47. The highest BCUT2D eigenvalue weighted by atomic mass is 16.5. The van der Waals surface area contributed by atoms with E-state index < -0.39 is 0 Å². The van der Waals surface area contributed by atoms with Gasteiger partial charge in [0.05, 0.1) is 7.11 Å². The third-order valence-corrected chi connectivity index (χ3v) is 3.44. The van der Waals surface area contributed by atoms with E-state index in [0.29, 0.717) is 6.04 Å². The molecule has 1 rings (SSSR count). The van der Waals surface area contributed by atoms with Gasteiger partial charge in [0.1, 0.15) is 5.75 Å². The second kappa shape index (κ2) is 8.11. The fraction of sp³-hybridized carbons (Fsp3) is 0.600. The summed E-state index contributed by atoms with van der Waals surface area (Å²) in [6.45, 7) is 7.36. The maximum Gasteiger partial charge on any atom is 0.123 e. The Bertz CT molecular complexity index is 341. The normalized spacial score (nSPS) is 12.7. The van der Waals surface area contributed by atoms with Gasteiger partial charge in [-0.25, -0.2) is 0 Å². The van der Waals surface area contributed by atoms with E-state index in [4.69, 9.17) is 10.5 Å². The van der Waals surface area contributed by atoms with Crippen LogP contribution in [0.4, 0.5) is 0 Å². The molecule has 0 unspecified atom stereocenters. The van der Waals surface area contributed by atoms with E-state index in [1.54, 1.807) is 7.11 Å². The third-order valence-electron chi connectivity index (χ3n) is 3.44. The summed E-state index contributed by atoms with van der Waals surface area (Å²) < 4.78 is 5.44. The molecule has 1 aromatic rings. The Morgan fingerprint density at radius 1 is 1.28 bits per heavy atom. The highest BCUT2D eigenvalue weighted by Gasteiger charge is 2.16. The lowest BCUT2D eigenvalue weighted by molar-refractivity contribution is 0.214. The summed E-state index contributed by atoms with van der Waals surface area (Å²) in [5.41, 5.74) is 6.81. The van der Waals surface area contributed by atoms with Crippen molar-refractivity contribution >= 4 is 0 Å². The number of nitrogens with two attached hydrogens (primary N) is 1. The summed E-state index contributed by atoms with van der Waals surface area (Å²) in [7, 11) is 1.73. The fourth-order valence-electron chi connectivity index (χ4n) is 2.29. The Morgan fingerprint density at radius 2 is 2.00 bits per heavy atom. The second-order valence-corrected chi connectivity index (χ2v) is 4.54. The number of methoxy groups -OCH3 is 1. The van der Waals surface area contributed by atoms with Gasteiger partial charge in [0, 0.05) is 11.6 Å². The van der Waals surface area contributed by atoms with E-state index in [0.717, 1.165) is 38.2 Å². The van der Waals surface area contributed by atoms with Crippen molar-refractivity contribution in [2.24, 2.45) is 5.73 Å². The molecular weight excluding hydrogens is 224 g/mol. The van der Waals surface area contributed by atoms with Crippen LogP contribution in [0.2, 0.25) is 0 Å². The largest absolute Gasteiger partial charge is 0.496 e. The molecule has 0 aliphatic carbocycles. The van der Waals surface area contributed by atoms with E-state index in [-0.39, 0.29) is 0 Å². The molecule has 0 aliphatic rings. The molecule has 1 atom stereocenters. The van der Waals surface area contributed by atoms with Gasteiger partial charge in [0.2, 0.25) is 0 Å². The van der Waals surface area contributed by atoms with E-state index in [1.165, 1.54) is 5.56 Å². The minimum Gasteiger partial charge on any atom is -0.496 e. The minimum atomic E-state index is 0.379. The van der Waals surface area contributed by atoms with Crippen molar-refractivity contribution in [2.75, 3.05) is 26.7 Å². The molecule has 2 N–H and O–H groups in total. The van der Waals surface area contributed by atoms with Crippen LogP contribution in [0.5, 0.6) is 5.75 Å². The highest BCUT2D eigenvalue weighted by Crippen LogP contribution is 2.28. The van der Waals surface area contributed by atoms with E-state index in [1.807, 2.05) is 12.1 Å². The Labute approximate surface area is 111 Å². The molecule has 0 saturated heterocycles. The maximum atomic E-state index is 5.55. The lowest BCUT2D eigenvalue weighted by Gasteiger charge is -2.29. The zero-order chi connectivity index (χ0) is 13.4. The van der Waals surface area contributed by atoms with Gasteiger partial charge in [-0.2, -0.15) is 0 Å². The zero-order valence-electron chi connectivity index (χ0n) is 11.9. The van der Waals surface area contributed by atoms with Crippen molar-refractivity contribution in [2.45, 2.75) is 32.7 Å². The Balaban J connectivity index is 2.72. The van der Waals surface area contributed by atoms with Gasteiger partial charge >= 0.3 is 0 Å². The molecule has 0 bridgehead atoms. The molecular formula is C15H26N2O. The van der Waals surface area contributed by atoms with Crippen LogP contribution in [-0.2, 0) is 0 Å². The molecule has 0 saturated carbocycles. The first-order valence-electron chi connectivity index (χ1n) is 6.81. The molecule has 0 spiro atoms. The van der Waals surface area contributed by atoms with Crippen molar-refractivity contribution in [3.8, 4) is 5.75 Å². The van der Waals surface area contributed by atoms with E-state index in [2.05, 4.69) is 30.9 Å². The fourth-order valence-corrected chi connectivity index (χ4v) is 2.29. The lowest BCUT2D eigenvalue weighted by atomic mass is 10.1. The van der Waals surface area contributed by atoms with Crippen LogP contribution in [0.25, 0.3) is 0 Å². The summed E-state index contributed by atoms with van der Waals surface area (Å²) >= 11 is 0. The topological polar surface area (TPSA) is 38.5 Å². The van der Waals surface area contributed by atoms with Gasteiger partial charge in [-0.1, -0.05) is 25.1 Å². The van der Waals surface area contributed by atoms with Gasteiger partial charge in [0.25, 0.3) is 0 Å². The molecule has 0 radical (unpaired) electrons. The van der Waals surface area contributed by atoms with Crippen LogP contribution < -0.4 is 10.5 Å². The monoisotopic (exact) mass is 250 g/mol. The summed E-state index contributed by atoms with van der Waals surface area (Å²) in [5, 5.41) is 0. The molecule has 0 aliphatic heterocycles. The number of para-hydroxylation sites is 1. The first-order valence-corrected chi connectivity index (χ1v) is 6.81. The number of ether oxygens (including phenoxy) is 1. The summed E-state index contributed by atoms with van der Waals surface area (Å²) in [6.07, 6.45) is 2.25. The van der Waals surface area contributed by atoms with Crippen LogP contribution in [0.3, 0.4) is 0 Å². The number of nitrogens with zero attached hydrogens (tertiary/aromatic N) is 1. The highest BCUT2D eigenvalue weighted by molar-refractivity contribution is 5.35. The predicted molar refractivity (Wildman–Crippen MR) is 76.9 cm³/mol. The van der Waals surface area contributed by atoms with E-state index >= 15 is 0 Å². The maximum absolute atomic E-state index is 5.55. The van der Waals surface area contributed by atoms with Crippen LogP contribution >= 0.6 is 0 Å². The van der Waals surface area contributed by atoms with Crippen LogP contribution in [0.1, 0.15) is 38.3 Å². The Hall–Kier alpha value is -1.06. The van der Waals surface area contributed by atoms with Crippen LogP contribution in [0, 0.1) is 0 Å². The van der Waals surface area contributed by atoms with E-state index in [9.17, 15) is 0 Å². The summed E-state index contributed by atoms with van der Waals surface area (Å²) in [5.74, 6) is 0.974. The van der Waals surface area contributed by atoms with Crippen molar-refractivity contribution in [3.05, 3.63) is 29.8 Å². The Morgan fingerprint density at radius 3 is 2.61 bits per heavy atom. The van der Waals surface area contributed by atoms with Gasteiger partial charge in [0.15, 0.2) is 0 Å². The SMILES string of the molecule is CCN(CCCCN)[C@@H](C)c1ccccc1OC. The number of benzene rings is 1. The molecule has 102 valence electrons. The first kappa shape index (κ1) is 15.0. The van der Waals surface area contributed by atoms with Gasteiger partial charge < -0.3 is 10.5 Å². The smallest absolute Gasteiger partial charge is 0.123 e. The number of rotatable bonds is 8. The van der Waals surface area contributed by atoms with Crippen LogP contribution in [0.15, 0.2) is 24.3 Å². The minimum absolute atomic E-state index is 0.379. The number of unbranched alkanes of at least 4 members (excludes halogenated alkanes) is 1. The quantitative estimate of drug-likeness (QED) is 0.721. The average Bonchev–Trinajstić information content (AvgIpc) is 2.43. The molecule has 3 heteroatoms. The molecule has 0 aromatic heterocycles. The molecule has 1 aromatic carbocycles. The first-order chi connectivity index (χ1) is 8.74. The van der Waals surface area contributed by atoms with Crippen molar-refractivity contribution < 1.29 is 4.74 Å². The molecule has 0 fully saturated rings. The van der Waals surface area contributed by atoms with Crippen molar-refractivity contribution in [1.82, 2.24) is 4.90 Å². The zero-order valence-corrected chi connectivity index (χ0v) is 11.9. The molecule has 0 heterocycles. The predicted octanol–water partition coefficient (Wildman–Crippen LogP) is 2.82. The second-order valence-electron chi connectivity index (χ2n) is 4.54. The molecule has 18 heavy (non-hydrogen) atoms.